The molecule has 0 aliphatic rings. The van der Waals surface area contributed by atoms with Crippen LogP contribution < -0.4 is 5.73 Å². The van der Waals surface area contributed by atoms with Crippen molar-refractivity contribution >= 4 is 17.3 Å². The lowest BCUT2D eigenvalue weighted by Gasteiger charge is -2.06. The van der Waals surface area contributed by atoms with Gasteiger partial charge >= 0.3 is 0 Å². The number of hydrogen-bond acceptors (Lipinski definition) is 9. The van der Waals surface area contributed by atoms with E-state index >= 15 is 0 Å². The highest BCUT2D eigenvalue weighted by Gasteiger charge is 2.10. The van der Waals surface area contributed by atoms with Crippen molar-refractivity contribution in [3.05, 3.63) is 120 Å². The second kappa shape index (κ2) is 13.6. The average Bonchev–Trinajstić information content (AvgIpc) is 2.81. The molecule has 0 aliphatic heterocycles. The molecule has 204 valence electrons. The standard InChI is InChI=1S/C14H15N3O2.C7H6FNO2.C6H9N3/c1-9-6-13(17(18)19)5-4-12(9)8-14-15-10(2)7-11(3)16-14;1-5-4-6(9(10)11)2-3-7(5)8;1-4-3-5(2)9-6(7)8-4/h4-7H,8H2,1-3H3;2-4H,1H3;3H,1-2H3,(H2,7,8,9). The topological polar surface area (TPSA) is 164 Å². The second-order valence-corrected chi connectivity index (χ2v) is 8.81. The monoisotopic (exact) mass is 535 g/mol. The molecule has 4 rings (SSSR count). The molecule has 0 bridgehead atoms. The molecule has 2 aromatic heterocycles. The van der Waals surface area contributed by atoms with Crippen LogP contribution in [-0.4, -0.2) is 29.8 Å². The molecular formula is C27H30FN7O4. The summed E-state index contributed by atoms with van der Waals surface area (Å²) in [5.41, 5.74) is 11.3. The number of aryl methyl sites for hydroxylation is 6. The minimum absolute atomic E-state index is 0.0797. The van der Waals surface area contributed by atoms with Gasteiger partial charge < -0.3 is 5.73 Å². The third-order valence-corrected chi connectivity index (χ3v) is 5.27. The molecule has 2 heterocycles. The first kappa shape index (κ1) is 30.4. The Labute approximate surface area is 225 Å². The SMILES string of the molecule is Cc1cc(C)nc(Cc2ccc([N+](=O)[O-])cc2C)n1.Cc1cc(C)nc(N)n1.Cc1cc([N+](=O)[O-])ccc1F. The van der Waals surface area contributed by atoms with Crippen LogP contribution in [0.5, 0.6) is 0 Å². The Morgan fingerprint density at radius 3 is 1.54 bits per heavy atom. The molecule has 39 heavy (non-hydrogen) atoms. The predicted molar refractivity (Wildman–Crippen MR) is 146 cm³/mol. The molecule has 0 fully saturated rings. The van der Waals surface area contributed by atoms with Gasteiger partial charge in [-0.15, -0.1) is 0 Å². The summed E-state index contributed by atoms with van der Waals surface area (Å²) in [6.07, 6.45) is 0.590. The normalized spacial score (nSPS) is 10.0. The maximum Gasteiger partial charge on any atom is 0.269 e. The zero-order valence-corrected chi connectivity index (χ0v) is 22.6. The van der Waals surface area contributed by atoms with Gasteiger partial charge in [-0.1, -0.05) is 6.07 Å². The van der Waals surface area contributed by atoms with Crippen molar-refractivity contribution in [3.63, 3.8) is 0 Å². The van der Waals surface area contributed by atoms with Crippen LogP contribution in [0.3, 0.4) is 0 Å². The lowest BCUT2D eigenvalue weighted by molar-refractivity contribution is -0.385. The number of benzene rings is 2. The van der Waals surface area contributed by atoms with Gasteiger partial charge in [-0.3, -0.25) is 20.2 Å². The smallest absolute Gasteiger partial charge is 0.269 e. The summed E-state index contributed by atoms with van der Waals surface area (Å²) >= 11 is 0. The Balaban J connectivity index is 0.000000226. The number of nitrogen functional groups attached to an aromatic ring is 1. The van der Waals surface area contributed by atoms with Gasteiger partial charge in [-0.2, -0.15) is 0 Å². The number of nitrogens with zero attached hydrogens (tertiary/aromatic N) is 6. The summed E-state index contributed by atoms with van der Waals surface area (Å²) in [4.78, 5) is 36.5. The quantitative estimate of drug-likeness (QED) is 0.258. The van der Waals surface area contributed by atoms with E-state index in [2.05, 4.69) is 19.9 Å². The molecule has 0 saturated heterocycles. The van der Waals surface area contributed by atoms with Crippen molar-refractivity contribution in [1.82, 2.24) is 19.9 Å². The zero-order valence-electron chi connectivity index (χ0n) is 22.6. The summed E-state index contributed by atoms with van der Waals surface area (Å²) in [7, 11) is 0. The van der Waals surface area contributed by atoms with Crippen LogP contribution in [0.1, 0.15) is 45.3 Å². The molecule has 0 amide bonds. The Morgan fingerprint density at radius 2 is 1.13 bits per heavy atom. The number of anilines is 1. The number of nitro benzene ring substituents is 2. The number of halogens is 1. The highest BCUT2D eigenvalue weighted by molar-refractivity contribution is 5.40. The van der Waals surface area contributed by atoms with Crippen molar-refractivity contribution in [2.24, 2.45) is 0 Å². The van der Waals surface area contributed by atoms with E-state index in [0.717, 1.165) is 51.9 Å². The van der Waals surface area contributed by atoms with Gasteiger partial charge in [0.25, 0.3) is 11.4 Å². The lowest BCUT2D eigenvalue weighted by atomic mass is 10.0. The van der Waals surface area contributed by atoms with Gasteiger partial charge in [-0.25, -0.2) is 24.3 Å². The van der Waals surface area contributed by atoms with Crippen LogP contribution in [0.25, 0.3) is 0 Å². The number of nitrogens with two attached hydrogens (primary N) is 1. The van der Waals surface area contributed by atoms with E-state index in [0.29, 0.717) is 17.9 Å². The largest absolute Gasteiger partial charge is 0.368 e. The minimum atomic E-state index is -0.549. The first-order valence-corrected chi connectivity index (χ1v) is 11.8. The van der Waals surface area contributed by atoms with Gasteiger partial charge in [0.15, 0.2) is 0 Å². The van der Waals surface area contributed by atoms with E-state index in [9.17, 15) is 24.6 Å². The molecule has 0 atom stereocenters. The molecule has 11 nitrogen and oxygen atoms in total. The number of rotatable bonds is 4. The van der Waals surface area contributed by atoms with Crippen molar-refractivity contribution in [3.8, 4) is 0 Å². The van der Waals surface area contributed by atoms with E-state index in [1.54, 1.807) is 12.1 Å². The molecule has 2 N–H and O–H groups in total. The van der Waals surface area contributed by atoms with E-state index < -0.39 is 10.7 Å². The van der Waals surface area contributed by atoms with Crippen molar-refractivity contribution < 1.29 is 14.2 Å². The molecule has 0 aliphatic carbocycles. The summed E-state index contributed by atoms with van der Waals surface area (Å²) in [5, 5.41) is 20.8. The predicted octanol–water partition coefficient (Wildman–Crippen LogP) is 5.62. The molecule has 0 saturated carbocycles. The molecular weight excluding hydrogens is 505 g/mol. The van der Waals surface area contributed by atoms with Crippen LogP contribution >= 0.6 is 0 Å². The van der Waals surface area contributed by atoms with Crippen molar-refractivity contribution in [2.75, 3.05) is 5.73 Å². The summed E-state index contributed by atoms with van der Waals surface area (Å²) in [6.45, 7) is 11.0. The Kier molecular flexibility index (Phi) is 10.6. The first-order valence-electron chi connectivity index (χ1n) is 11.8. The molecule has 0 radical (unpaired) electrons. The highest BCUT2D eigenvalue weighted by atomic mass is 19.1. The maximum absolute atomic E-state index is 12.5. The average molecular weight is 536 g/mol. The fraction of sp³-hybridized carbons (Fsp3) is 0.259. The molecule has 12 heteroatoms. The third kappa shape index (κ3) is 9.84. The van der Waals surface area contributed by atoms with Crippen molar-refractivity contribution in [1.29, 1.82) is 0 Å². The van der Waals surface area contributed by atoms with Crippen LogP contribution in [0, 0.1) is 67.6 Å². The Morgan fingerprint density at radius 1 is 0.692 bits per heavy atom. The minimum Gasteiger partial charge on any atom is -0.368 e. The second-order valence-electron chi connectivity index (χ2n) is 8.81. The fourth-order valence-corrected chi connectivity index (χ4v) is 3.54. The molecule has 2 aromatic carbocycles. The van der Waals surface area contributed by atoms with Crippen LogP contribution in [0.2, 0.25) is 0 Å². The number of hydrogen-bond donors (Lipinski definition) is 1. The number of aromatic nitrogens is 4. The zero-order chi connectivity index (χ0) is 29.3. The summed E-state index contributed by atoms with van der Waals surface area (Å²) < 4.78 is 12.5. The van der Waals surface area contributed by atoms with E-state index in [1.807, 2.05) is 46.8 Å². The molecule has 0 unspecified atom stereocenters. The number of non-ortho nitro benzene ring substituents is 2. The Bertz CT molecular complexity index is 1420. The van der Waals surface area contributed by atoms with E-state index in [-0.39, 0.29) is 16.3 Å². The van der Waals surface area contributed by atoms with Crippen LogP contribution in [0.4, 0.5) is 21.7 Å². The van der Waals surface area contributed by atoms with E-state index in [1.165, 1.54) is 19.1 Å². The number of nitro groups is 2. The van der Waals surface area contributed by atoms with Crippen LogP contribution in [-0.2, 0) is 6.42 Å². The van der Waals surface area contributed by atoms with Gasteiger partial charge in [0.1, 0.15) is 11.6 Å². The summed E-state index contributed by atoms with van der Waals surface area (Å²) in [6, 6.07) is 12.1. The van der Waals surface area contributed by atoms with Gasteiger partial charge in [-0.05, 0) is 76.4 Å². The maximum atomic E-state index is 12.5. The molecule has 4 aromatic rings. The highest BCUT2D eigenvalue weighted by Crippen LogP contribution is 2.19. The van der Waals surface area contributed by atoms with E-state index in [4.69, 9.17) is 5.73 Å². The third-order valence-electron chi connectivity index (χ3n) is 5.27. The van der Waals surface area contributed by atoms with Gasteiger partial charge in [0, 0.05) is 53.5 Å². The van der Waals surface area contributed by atoms with Gasteiger partial charge in [0.2, 0.25) is 5.95 Å². The summed E-state index contributed by atoms with van der Waals surface area (Å²) in [5.74, 6) is 0.678. The fourth-order valence-electron chi connectivity index (χ4n) is 3.54. The first-order chi connectivity index (χ1) is 18.2. The van der Waals surface area contributed by atoms with Gasteiger partial charge in [0.05, 0.1) is 9.85 Å². The van der Waals surface area contributed by atoms with Crippen molar-refractivity contribution in [2.45, 2.75) is 48.0 Å². The molecule has 0 spiro atoms. The van der Waals surface area contributed by atoms with Crippen LogP contribution in [0.15, 0.2) is 48.5 Å². The lowest BCUT2D eigenvalue weighted by Crippen LogP contribution is -2.02. The Hall–Kier alpha value is -4.87.